The number of phosphoric acid groups is 1. The van der Waals surface area contributed by atoms with Crippen LogP contribution < -0.4 is 4.52 Å². The molecule has 0 saturated heterocycles. The van der Waals surface area contributed by atoms with Crippen LogP contribution in [0.3, 0.4) is 0 Å². The van der Waals surface area contributed by atoms with Crippen LogP contribution in [0.15, 0.2) is 18.2 Å². The highest BCUT2D eigenvalue weighted by molar-refractivity contribution is 7.50. The lowest BCUT2D eigenvalue weighted by molar-refractivity contribution is 0.317. The minimum atomic E-state index is -3.95. The number of halogens is 2. The van der Waals surface area contributed by atoms with Gasteiger partial charge in [-0.2, -0.15) is 8.15 Å². The topological polar surface area (TPSA) is 44.8 Å². The molecule has 0 fully saturated rings. The summed E-state index contributed by atoms with van der Waals surface area (Å²) in [6.07, 6.45) is 3.75. The van der Waals surface area contributed by atoms with Gasteiger partial charge in [0.25, 0.3) is 0 Å². The first-order valence-electron chi connectivity index (χ1n) is 6.10. The summed E-state index contributed by atoms with van der Waals surface area (Å²) < 4.78 is 25.2. The fourth-order valence-corrected chi connectivity index (χ4v) is 2.71. The van der Waals surface area contributed by atoms with Gasteiger partial charge >= 0.3 is 7.82 Å². The Morgan fingerprint density at radius 1 is 1.11 bits per heavy atom. The molecule has 0 atom stereocenters. The van der Waals surface area contributed by atoms with Gasteiger partial charge in [0.15, 0.2) is 0 Å². The zero-order valence-electron chi connectivity index (χ0n) is 10.9. The third-order valence-electron chi connectivity index (χ3n) is 2.56. The van der Waals surface area contributed by atoms with Gasteiger partial charge in [-0.3, -0.25) is 0 Å². The quantitative estimate of drug-likeness (QED) is 0.598. The molecular weight excluding hydrogens is 310 g/mol. The maximum atomic E-state index is 11.8. The molecule has 0 heterocycles. The standard InChI is InChI=1S/C12H17Cl2O4P/c1-3-5-10-7-8-12(11(9-10)6-4-2)16-19(15,17-13)18-14/h7-9H,3-6H2,1-2H3. The van der Waals surface area contributed by atoms with Gasteiger partial charge in [-0.25, -0.2) is 4.57 Å². The molecule has 0 bridgehead atoms. The molecule has 0 unspecified atom stereocenters. The average Bonchev–Trinajstić information content (AvgIpc) is 2.42. The lowest BCUT2D eigenvalue weighted by atomic mass is 10.0. The molecular formula is C12H17Cl2O4P. The Labute approximate surface area is 123 Å². The van der Waals surface area contributed by atoms with E-state index in [1.807, 2.05) is 19.1 Å². The second-order valence-electron chi connectivity index (χ2n) is 4.12. The predicted molar refractivity (Wildman–Crippen MR) is 76.5 cm³/mol. The smallest absolute Gasteiger partial charge is 0.402 e. The van der Waals surface area contributed by atoms with E-state index >= 15 is 0 Å². The van der Waals surface area contributed by atoms with Crippen molar-refractivity contribution < 1.29 is 17.2 Å². The van der Waals surface area contributed by atoms with Gasteiger partial charge in [-0.05, 0) is 30.0 Å². The molecule has 1 rings (SSSR count). The van der Waals surface area contributed by atoms with E-state index < -0.39 is 7.82 Å². The Bertz CT molecular complexity index is 445. The molecule has 7 heteroatoms. The van der Waals surface area contributed by atoms with Crippen molar-refractivity contribution in [3.05, 3.63) is 29.3 Å². The Morgan fingerprint density at radius 3 is 2.26 bits per heavy atom. The second-order valence-corrected chi connectivity index (χ2v) is 6.30. The monoisotopic (exact) mass is 326 g/mol. The normalized spacial score (nSPS) is 11.6. The van der Waals surface area contributed by atoms with Gasteiger partial charge in [-0.15, -0.1) is 0 Å². The molecule has 19 heavy (non-hydrogen) atoms. The minimum absolute atomic E-state index is 0.409. The van der Waals surface area contributed by atoms with E-state index in [9.17, 15) is 4.57 Å². The fraction of sp³-hybridized carbons (Fsp3) is 0.500. The summed E-state index contributed by atoms with van der Waals surface area (Å²) in [5, 5.41) is 0. The molecule has 0 aliphatic heterocycles. The lowest BCUT2D eigenvalue weighted by Crippen LogP contribution is -1.98. The summed E-state index contributed by atoms with van der Waals surface area (Å²) in [4.78, 5) is 0. The van der Waals surface area contributed by atoms with Crippen molar-refractivity contribution in [2.75, 3.05) is 0 Å². The van der Waals surface area contributed by atoms with Crippen molar-refractivity contribution in [2.45, 2.75) is 39.5 Å². The minimum Gasteiger partial charge on any atom is -0.402 e. The third kappa shape index (κ3) is 4.97. The highest BCUT2D eigenvalue weighted by Crippen LogP contribution is 2.52. The summed E-state index contributed by atoms with van der Waals surface area (Å²) in [7, 11) is -3.95. The Kier molecular flexibility index (Phi) is 7.19. The number of hydrogen-bond acceptors (Lipinski definition) is 4. The van der Waals surface area contributed by atoms with Gasteiger partial charge in [0.1, 0.15) is 5.75 Å². The fourth-order valence-electron chi connectivity index (χ4n) is 1.79. The maximum Gasteiger partial charge on any atom is 0.563 e. The molecule has 1 aromatic rings. The van der Waals surface area contributed by atoms with Crippen molar-refractivity contribution in [1.29, 1.82) is 0 Å². The van der Waals surface area contributed by atoms with Gasteiger partial charge in [0, 0.05) is 0 Å². The van der Waals surface area contributed by atoms with Crippen LogP contribution in [0, 0.1) is 0 Å². The number of hydrogen-bond donors (Lipinski definition) is 0. The third-order valence-corrected chi connectivity index (χ3v) is 4.33. The highest BCUT2D eigenvalue weighted by Gasteiger charge is 2.29. The maximum absolute atomic E-state index is 11.8. The summed E-state index contributed by atoms with van der Waals surface area (Å²) in [6.45, 7) is 4.16. The number of benzene rings is 1. The predicted octanol–water partition coefficient (Wildman–Crippen LogP) is 5.42. The first kappa shape index (κ1) is 16.8. The van der Waals surface area contributed by atoms with E-state index in [-0.39, 0.29) is 0 Å². The van der Waals surface area contributed by atoms with Crippen LogP contribution in [0.1, 0.15) is 37.8 Å². The molecule has 0 aromatic heterocycles. The van der Waals surface area contributed by atoms with Crippen molar-refractivity contribution in [3.63, 3.8) is 0 Å². The highest BCUT2D eigenvalue weighted by atomic mass is 35.5. The van der Waals surface area contributed by atoms with Crippen molar-refractivity contribution in [1.82, 2.24) is 0 Å². The molecule has 0 radical (unpaired) electrons. The van der Waals surface area contributed by atoms with Gasteiger partial charge in [0.2, 0.25) is 0 Å². The van der Waals surface area contributed by atoms with Gasteiger partial charge < -0.3 is 4.52 Å². The van der Waals surface area contributed by atoms with E-state index in [1.54, 1.807) is 6.07 Å². The summed E-state index contributed by atoms with van der Waals surface area (Å²) in [6, 6.07) is 5.66. The molecule has 0 saturated carbocycles. The molecule has 0 amide bonds. The first-order valence-corrected chi connectivity index (χ1v) is 8.18. The van der Waals surface area contributed by atoms with Crippen molar-refractivity contribution in [2.24, 2.45) is 0 Å². The van der Waals surface area contributed by atoms with Crippen LogP contribution in [0.5, 0.6) is 5.75 Å². The van der Waals surface area contributed by atoms with E-state index in [2.05, 4.69) is 15.1 Å². The Morgan fingerprint density at radius 2 is 1.74 bits per heavy atom. The molecule has 1 aromatic carbocycles. The molecule has 0 aliphatic rings. The van der Waals surface area contributed by atoms with Crippen LogP contribution in [0.4, 0.5) is 0 Å². The Balaban J connectivity index is 3.02. The van der Waals surface area contributed by atoms with E-state index in [0.717, 1.165) is 31.2 Å². The SMILES string of the molecule is CCCc1ccc(OP(=O)(OCl)OCl)c(CCC)c1. The van der Waals surface area contributed by atoms with Crippen molar-refractivity contribution in [3.8, 4) is 5.75 Å². The molecule has 0 N–H and O–H groups in total. The molecule has 0 aliphatic carbocycles. The van der Waals surface area contributed by atoms with Gasteiger partial charge in [-0.1, -0.05) is 38.8 Å². The number of rotatable bonds is 8. The molecule has 108 valence electrons. The Hall–Kier alpha value is -0.250. The van der Waals surface area contributed by atoms with Crippen LogP contribution in [-0.2, 0) is 25.6 Å². The van der Waals surface area contributed by atoms with Crippen LogP contribution in [-0.4, -0.2) is 0 Å². The van der Waals surface area contributed by atoms with Crippen LogP contribution in [0.25, 0.3) is 0 Å². The summed E-state index contributed by atoms with van der Waals surface area (Å²) in [5.41, 5.74) is 2.13. The summed E-state index contributed by atoms with van der Waals surface area (Å²) >= 11 is 10.1. The molecule has 4 nitrogen and oxygen atoms in total. The number of aryl methyl sites for hydroxylation is 2. The van der Waals surface area contributed by atoms with Crippen LogP contribution >= 0.6 is 31.6 Å². The van der Waals surface area contributed by atoms with E-state index in [4.69, 9.17) is 28.3 Å². The second kappa shape index (κ2) is 8.13. The lowest BCUT2D eigenvalue weighted by Gasteiger charge is -2.15. The summed E-state index contributed by atoms with van der Waals surface area (Å²) in [5.74, 6) is 0.409. The first-order chi connectivity index (χ1) is 9.08. The zero-order valence-corrected chi connectivity index (χ0v) is 13.3. The van der Waals surface area contributed by atoms with E-state index in [0.29, 0.717) is 5.75 Å². The molecule has 0 spiro atoms. The van der Waals surface area contributed by atoms with Gasteiger partial charge in [0.05, 0.1) is 23.7 Å². The van der Waals surface area contributed by atoms with Crippen molar-refractivity contribution >= 4 is 31.6 Å². The largest absolute Gasteiger partial charge is 0.563 e. The van der Waals surface area contributed by atoms with Crippen LogP contribution in [0.2, 0.25) is 0 Å². The zero-order chi connectivity index (χ0) is 14.3. The average molecular weight is 327 g/mol. The van der Waals surface area contributed by atoms with E-state index in [1.165, 1.54) is 5.56 Å².